The lowest BCUT2D eigenvalue weighted by atomic mass is 10.1. The Morgan fingerprint density at radius 2 is 1.83 bits per heavy atom. The van der Waals surface area contributed by atoms with Crippen LogP contribution in [0.15, 0.2) is 48.7 Å². The molecule has 0 saturated carbocycles. The number of aromatic amines is 1. The highest BCUT2D eigenvalue weighted by Crippen LogP contribution is 2.27. The lowest BCUT2D eigenvalue weighted by molar-refractivity contribution is 0.102. The predicted molar refractivity (Wildman–Crippen MR) is 87.9 cm³/mol. The fourth-order valence-electron chi connectivity index (χ4n) is 2.55. The average molecular weight is 309 g/mol. The smallest absolute Gasteiger partial charge is 0.255 e. The van der Waals surface area contributed by atoms with Crippen molar-refractivity contribution in [3.8, 4) is 11.3 Å². The third kappa shape index (κ3) is 3.13. The molecule has 1 aromatic heterocycles. The van der Waals surface area contributed by atoms with Gasteiger partial charge in [-0.3, -0.25) is 9.89 Å². The fraction of sp³-hybridized carbons (Fsp3) is 0.111. The van der Waals surface area contributed by atoms with Gasteiger partial charge in [-0.25, -0.2) is 4.39 Å². The maximum absolute atomic E-state index is 13.9. The van der Waals surface area contributed by atoms with Crippen molar-refractivity contribution in [2.45, 2.75) is 13.8 Å². The lowest BCUT2D eigenvalue weighted by Crippen LogP contribution is -2.12. The molecule has 0 aliphatic carbocycles. The van der Waals surface area contributed by atoms with E-state index in [4.69, 9.17) is 0 Å². The van der Waals surface area contributed by atoms with Crippen LogP contribution in [0.1, 0.15) is 21.5 Å². The highest BCUT2D eigenvalue weighted by molar-refractivity contribution is 6.06. The molecule has 0 spiro atoms. The number of nitrogens with zero attached hydrogens (tertiary/aromatic N) is 1. The van der Waals surface area contributed by atoms with E-state index in [0.29, 0.717) is 22.5 Å². The minimum absolute atomic E-state index is 0.254. The summed E-state index contributed by atoms with van der Waals surface area (Å²) in [5.41, 5.74) is 3.83. The minimum atomic E-state index is -0.376. The summed E-state index contributed by atoms with van der Waals surface area (Å²) in [5.74, 6) is -0.630. The number of carbonyl (C=O) groups excluding carboxylic acids is 1. The number of hydrogen-bond donors (Lipinski definition) is 2. The molecule has 116 valence electrons. The summed E-state index contributed by atoms with van der Waals surface area (Å²) < 4.78 is 13.9. The van der Waals surface area contributed by atoms with Crippen molar-refractivity contribution < 1.29 is 9.18 Å². The SMILES string of the molecule is Cc1cc(C)cc(C(=O)Nc2cn[nH]c2-c2ccccc2F)c1. The third-order valence-corrected chi connectivity index (χ3v) is 3.51. The van der Waals surface area contributed by atoms with Gasteiger partial charge in [0.2, 0.25) is 0 Å². The number of aromatic nitrogens is 2. The zero-order valence-electron chi connectivity index (χ0n) is 12.9. The molecule has 2 aromatic carbocycles. The van der Waals surface area contributed by atoms with Gasteiger partial charge in [-0.15, -0.1) is 0 Å². The van der Waals surface area contributed by atoms with Gasteiger partial charge in [0.1, 0.15) is 5.82 Å². The van der Waals surface area contributed by atoms with Crippen LogP contribution >= 0.6 is 0 Å². The van der Waals surface area contributed by atoms with Crippen molar-refractivity contribution in [1.29, 1.82) is 0 Å². The molecule has 1 heterocycles. The van der Waals surface area contributed by atoms with Gasteiger partial charge < -0.3 is 5.32 Å². The van der Waals surface area contributed by atoms with Gasteiger partial charge in [-0.2, -0.15) is 5.10 Å². The van der Waals surface area contributed by atoms with Gasteiger partial charge in [-0.05, 0) is 38.1 Å². The molecule has 3 aromatic rings. The number of carbonyl (C=O) groups is 1. The molecule has 0 aliphatic rings. The Labute approximate surface area is 133 Å². The van der Waals surface area contributed by atoms with Crippen LogP contribution in [0.25, 0.3) is 11.3 Å². The van der Waals surface area contributed by atoms with E-state index >= 15 is 0 Å². The number of anilines is 1. The van der Waals surface area contributed by atoms with E-state index in [0.717, 1.165) is 11.1 Å². The Hall–Kier alpha value is -2.95. The molecule has 0 fully saturated rings. The molecule has 0 unspecified atom stereocenters. The van der Waals surface area contributed by atoms with Crippen LogP contribution in [0, 0.1) is 19.7 Å². The molecule has 5 heteroatoms. The van der Waals surface area contributed by atoms with Crippen LogP contribution in [0.3, 0.4) is 0 Å². The number of H-pyrrole nitrogens is 1. The van der Waals surface area contributed by atoms with Gasteiger partial charge in [-0.1, -0.05) is 29.3 Å². The summed E-state index contributed by atoms with van der Waals surface area (Å²) in [7, 11) is 0. The Bertz CT molecular complexity index is 850. The highest BCUT2D eigenvalue weighted by atomic mass is 19.1. The van der Waals surface area contributed by atoms with E-state index in [1.165, 1.54) is 12.3 Å². The van der Waals surface area contributed by atoms with Crippen LogP contribution in [0.4, 0.5) is 10.1 Å². The first kappa shape index (κ1) is 15.0. The van der Waals surface area contributed by atoms with Crippen LogP contribution in [-0.4, -0.2) is 16.1 Å². The first-order valence-corrected chi connectivity index (χ1v) is 7.22. The minimum Gasteiger partial charge on any atom is -0.319 e. The van der Waals surface area contributed by atoms with Crippen molar-refractivity contribution in [1.82, 2.24) is 10.2 Å². The maximum Gasteiger partial charge on any atom is 0.255 e. The van der Waals surface area contributed by atoms with Gasteiger partial charge in [0, 0.05) is 11.1 Å². The topological polar surface area (TPSA) is 57.8 Å². The number of amides is 1. The Morgan fingerprint density at radius 3 is 2.52 bits per heavy atom. The van der Waals surface area contributed by atoms with Crippen molar-refractivity contribution in [3.63, 3.8) is 0 Å². The van der Waals surface area contributed by atoms with E-state index in [1.54, 1.807) is 18.2 Å². The Kier molecular flexibility index (Phi) is 3.93. The molecular weight excluding hydrogens is 293 g/mol. The second-order valence-electron chi connectivity index (χ2n) is 5.47. The molecule has 0 bridgehead atoms. The number of halogens is 1. The highest BCUT2D eigenvalue weighted by Gasteiger charge is 2.15. The molecule has 23 heavy (non-hydrogen) atoms. The average Bonchev–Trinajstić information content (AvgIpc) is 2.94. The first-order valence-electron chi connectivity index (χ1n) is 7.22. The third-order valence-electron chi connectivity index (χ3n) is 3.51. The van der Waals surface area contributed by atoms with Crippen molar-refractivity contribution >= 4 is 11.6 Å². The summed E-state index contributed by atoms with van der Waals surface area (Å²) in [5, 5.41) is 9.44. The summed E-state index contributed by atoms with van der Waals surface area (Å²) in [4.78, 5) is 12.4. The quantitative estimate of drug-likeness (QED) is 0.765. The molecule has 3 rings (SSSR count). The van der Waals surface area contributed by atoms with Crippen molar-refractivity contribution in [2.75, 3.05) is 5.32 Å². The van der Waals surface area contributed by atoms with E-state index in [1.807, 2.05) is 32.0 Å². The van der Waals surface area contributed by atoms with Gasteiger partial charge in [0.25, 0.3) is 5.91 Å². The Morgan fingerprint density at radius 1 is 1.13 bits per heavy atom. The zero-order chi connectivity index (χ0) is 16.4. The lowest BCUT2D eigenvalue weighted by Gasteiger charge is -2.08. The maximum atomic E-state index is 13.9. The van der Waals surface area contributed by atoms with Crippen LogP contribution in [0.2, 0.25) is 0 Å². The van der Waals surface area contributed by atoms with Gasteiger partial charge in [0.15, 0.2) is 0 Å². The predicted octanol–water partition coefficient (Wildman–Crippen LogP) is 4.08. The van der Waals surface area contributed by atoms with E-state index in [2.05, 4.69) is 15.5 Å². The number of benzene rings is 2. The van der Waals surface area contributed by atoms with Crippen LogP contribution in [0.5, 0.6) is 0 Å². The normalized spacial score (nSPS) is 10.6. The summed E-state index contributed by atoms with van der Waals surface area (Å²) in [6, 6.07) is 12.0. The largest absolute Gasteiger partial charge is 0.319 e. The molecule has 0 atom stereocenters. The molecule has 0 aliphatic heterocycles. The van der Waals surface area contributed by atoms with Gasteiger partial charge in [0.05, 0.1) is 17.6 Å². The van der Waals surface area contributed by atoms with E-state index < -0.39 is 0 Å². The molecule has 0 radical (unpaired) electrons. The molecule has 2 N–H and O–H groups in total. The summed E-state index contributed by atoms with van der Waals surface area (Å²) in [6.07, 6.45) is 1.47. The number of hydrogen-bond acceptors (Lipinski definition) is 2. The van der Waals surface area contributed by atoms with E-state index in [9.17, 15) is 9.18 Å². The fourth-order valence-corrected chi connectivity index (χ4v) is 2.55. The van der Waals surface area contributed by atoms with Crippen molar-refractivity contribution in [2.24, 2.45) is 0 Å². The zero-order valence-corrected chi connectivity index (χ0v) is 12.9. The Balaban J connectivity index is 1.91. The monoisotopic (exact) mass is 309 g/mol. The van der Waals surface area contributed by atoms with E-state index in [-0.39, 0.29) is 11.7 Å². The number of rotatable bonds is 3. The molecule has 0 saturated heterocycles. The second-order valence-corrected chi connectivity index (χ2v) is 5.47. The second kappa shape index (κ2) is 6.04. The van der Waals surface area contributed by atoms with Gasteiger partial charge >= 0.3 is 0 Å². The van der Waals surface area contributed by atoms with Crippen molar-refractivity contribution in [3.05, 3.63) is 71.2 Å². The van der Waals surface area contributed by atoms with Crippen LogP contribution < -0.4 is 5.32 Å². The number of aryl methyl sites for hydroxylation is 2. The number of nitrogens with one attached hydrogen (secondary N) is 2. The first-order chi connectivity index (χ1) is 11.0. The van der Waals surface area contributed by atoms with Crippen LogP contribution in [-0.2, 0) is 0 Å². The molecule has 1 amide bonds. The molecule has 4 nitrogen and oxygen atoms in total. The molecular formula is C18H16FN3O. The standard InChI is InChI=1S/C18H16FN3O/c1-11-7-12(2)9-13(8-11)18(23)21-16-10-20-22-17(16)14-5-3-4-6-15(14)19/h3-10H,1-2H3,(H,20,22)(H,21,23). The summed E-state index contributed by atoms with van der Waals surface area (Å²) >= 11 is 0. The summed E-state index contributed by atoms with van der Waals surface area (Å²) in [6.45, 7) is 3.87.